The van der Waals surface area contributed by atoms with E-state index >= 15 is 0 Å². The Morgan fingerprint density at radius 3 is 2.72 bits per heavy atom. The van der Waals surface area contributed by atoms with E-state index in [0.29, 0.717) is 33.9 Å². The molecule has 5 aromatic rings. The molecule has 2 aromatic carbocycles. The zero-order valence-electron chi connectivity index (χ0n) is 15.3. The van der Waals surface area contributed by atoms with Gasteiger partial charge in [-0.25, -0.2) is 15.0 Å². The van der Waals surface area contributed by atoms with Gasteiger partial charge in [0, 0.05) is 17.3 Å². The van der Waals surface area contributed by atoms with Crippen LogP contribution in [0.5, 0.6) is 5.75 Å². The molecule has 0 atom stereocenters. The average Bonchev–Trinajstić information content (AvgIpc) is 3.24. The summed E-state index contributed by atoms with van der Waals surface area (Å²) < 4.78 is 11.1. The van der Waals surface area contributed by atoms with Crippen LogP contribution < -0.4 is 15.5 Å². The Balaban J connectivity index is 1.47. The Kier molecular flexibility index (Phi) is 3.94. The molecule has 3 aromatic heterocycles. The number of methoxy groups -OCH3 is 1. The zero-order chi connectivity index (χ0) is 19.8. The Bertz CT molecular complexity index is 1390. The highest BCUT2D eigenvalue weighted by Crippen LogP contribution is 2.27. The van der Waals surface area contributed by atoms with E-state index in [1.165, 1.54) is 12.4 Å². The molecular formula is C21H15N5O3. The highest BCUT2D eigenvalue weighted by molar-refractivity contribution is 5.85. The number of hydrogen-bond acceptors (Lipinski definition) is 7. The van der Waals surface area contributed by atoms with E-state index in [9.17, 15) is 4.79 Å². The van der Waals surface area contributed by atoms with Gasteiger partial charge in [-0.15, -0.1) is 0 Å². The summed E-state index contributed by atoms with van der Waals surface area (Å²) in [5.74, 6) is 1.74. The van der Waals surface area contributed by atoms with Gasteiger partial charge in [-0.1, -0.05) is 0 Å². The van der Waals surface area contributed by atoms with E-state index in [4.69, 9.17) is 9.15 Å². The number of benzene rings is 2. The summed E-state index contributed by atoms with van der Waals surface area (Å²) in [7, 11) is 1.56. The maximum Gasteiger partial charge on any atom is 0.193 e. The molecule has 0 fully saturated rings. The smallest absolute Gasteiger partial charge is 0.193 e. The summed E-state index contributed by atoms with van der Waals surface area (Å²) in [5.41, 5.74) is 3.33. The molecule has 2 N–H and O–H groups in total. The average molecular weight is 385 g/mol. The molecule has 5 rings (SSSR count). The molecule has 8 heteroatoms. The van der Waals surface area contributed by atoms with Crippen molar-refractivity contribution in [3.63, 3.8) is 0 Å². The standard InChI is InChI=1S/C21H15N5O3/c1-28-14-6-7-17-15(8-14)16(27)9-18(29-17)12-2-4-13(5-3-12)26-21-19-20(23-10-22-19)24-11-25-21/h2-11H,1H3,(H2,22,23,24,25,26). The number of fused-ring (bicyclic) bond motifs is 2. The second kappa shape index (κ2) is 6.75. The summed E-state index contributed by atoms with van der Waals surface area (Å²) in [4.78, 5) is 28.0. The summed E-state index contributed by atoms with van der Waals surface area (Å²) >= 11 is 0. The first kappa shape index (κ1) is 16.9. The number of rotatable bonds is 4. The molecule has 29 heavy (non-hydrogen) atoms. The van der Waals surface area contributed by atoms with E-state index in [1.54, 1.807) is 31.6 Å². The Morgan fingerprint density at radius 1 is 1.03 bits per heavy atom. The maximum absolute atomic E-state index is 12.5. The van der Waals surface area contributed by atoms with Crippen LogP contribution in [-0.4, -0.2) is 27.0 Å². The van der Waals surface area contributed by atoms with E-state index in [-0.39, 0.29) is 5.43 Å². The van der Waals surface area contributed by atoms with Gasteiger partial charge in [0.1, 0.15) is 28.9 Å². The minimum Gasteiger partial charge on any atom is -0.497 e. The van der Waals surface area contributed by atoms with Gasteiger partial charge in [-0.05, 0) is 42.5 Å². The van der Waals surface area contributed by atoms with Crippen molar-refractivity contribution < 1.29 is 9.15 Å². The molecule has 0 saturated heterocycles. The van der Waals surface area contributed by atoms with Gasteiger partial charge in [0.2, 0.25) is 0 Å². The molecule has 0 saturated carbocycles. The van der Waals surface area contributed by atoms with Crippen molar-refractivity contribution in [3.8, 4) is 17.1 Å². The number of hydrogen-bond donors (Lipinski definition) is 2. The largest absolute Gasteiger partial charge is 0.497 e. The van der Waals surface area contributed by atoms with Gasteiger partial charge in [0.25, 0.3) is 0 Å². The van der Waals surface area contributed by atoms with Crippen LogP contribution >= 0.6 is 0 Å². The molecule has 0 aliphatic carbocycles. The SMILES string of the molecule is COc1ccc2oc(-c3ccc(Nc4ncnc5nc[nH]c45)cc3)cc(=O)c2c1. The third-order valence-electron chi connectivity index (χ3n) is 4.59. The van der Waals surface area contributed by atoms with E-state index in [1.807, 2.05) is 24.3 Å². The molecule has 8 nitrogen and oxygen atoms in total. The summed E-state index contributed by atoms with van der Waals surface area (Å²) in [6, 6.07) is 14.2. The lowest BCUT2D eigenvalue weighted by Gasteiger charge is -2.08. The first-order valence-corrected chi connectivity index (χ1v) is 8.85. The number of nitrogens with zero attached hydrogens (tertiary/aromatic N) is 3. The van der Waals surface area contributed by atoms with Gasteiger partial charge in [-0.2, -0.15) is 0 Å². The van der Waals surface area contributed by atoms with Crippen LogP contribution in [0, 0.1) is 0 Å². The minimum atomic E-state index is -0.120. The zero-order valence-corrected chi connectivity index (χ0v) is 15.3. The third kappa shape index (κ3) is 3.06. The fraction of sp³-hybridized carbons (Fsp3) is 0.0476. The van der Waals surface area contributed by atoms with E-state index in [2.05, 4.69) is 25.3 Å². The molecule has 0 unspecified atom stereocenters. The number of anilines is 2. The van der Waals surface area contributed by atoms with Crippen LogP contribution in [0.1, 0.15) is 0 Å². The normalized spacial score (nSPS) is 11.1. The van der Waals surface area contributed by atoms with Crippen LogP contribution in [0.4, 0.5) is 11.5 Å². The fourth-order valence-corrected chi connectivity index (χ4v) is 3.12. The molecule has 0 aliphatic heterocycles. The van der Waals surface area contributed by atoms with Gasteiger partial charge in [0.15, 0.2) is 16.9 Å². The monoisotopic (exact) mass is 385 g/mol. The molecule has 3 heterocycles. The van der Waals surface area contributed by atoms with E-state index in [0.717, 1.165) is 16.8 Å². The van der Waals surface area contributed by atoms with Gasteiger partial charge >= 0.3 is 0 Å². The van der Waals surface area contributed by atoms with Crippen LogP contribution in [0.15, 0.2) is 70.4 Å². The number of nitrogens with one attached hydrogen (secondary N) is 2. The minimum absolute atomic E-state index is 0.120. The second-order valence-corrected chi connectivity index (χ2v) is 6.36. The summed E-state index contributed by atoms with van der Waals surface area (Å²) in [5, 5.41) is 3.72. The fourth-order valence-electron chi connectivity index (χ4n) is 3.12. The Labute approximate surface area is 164 Å². The molecule has 0 aliphatic rings. The van der Waals surface area contributed by atoms with Crippen molar-refractivity contribution in [2.75, 3.05) is 12.4 Å². The van der Waals surface area contributed by atoms with Crippen LogP contribution in [0.25, 0.3) is 33.5 Å². The second-order valence-electron chi connectivity index (χ2n) is 6.36. The van der Waals surface area contributed by atoms with Crippen molar-refractivity contribution in [3.05, 3.63) is 71.4 Å². The molecule has 142 valence electrons. The first-order chi connectivity index (χ1) is 14.2. The van der Waals surface area contributed by atoms with Gasteiger partial charge in [0.05, 0.1) is 18.8 Å². The highest BCUT2D eigenvalue weighted by atomic mass is 16.5. The Morgan fingerprint density at radius 2 is 1.90 bits per heavy atom. The predicted octanol–water partition coefficient (Wildman–Crippen LogP) is 3.88. The van der Waals surface area contributed by atoms with Crippen molar-refractivity contribution in [2.45, 2.75) is 0 Å². The predicted molar refractivity (Wildman–Crippen MR) is 109 cm³/mol. The number of aromatic nitrogens is 4. The summed E-state index contributed by atoms with van der Waals surface area (Å²) in [6.45, 7) is 0. The lowest BCUT2D eigenvalue weighted by Crippen LogP contribution is -2.01. The number of imidazole rings is 1. The van der Waals surface area contributed by atoms with Crippen molar-refractivity contribution in [1.29, 1.82) is 0 Å². The van der Waals surface area contributed by atoms with Gasteiger partial charge in [-0.3, -0.25) is 4.79 Å². The van der Waals surface area contributed by atoms with Crippen LogP contribution in [-0.2, 0) is 0 Å². The number of ether oxygens (including phenoxy) is 1. The molecular weight excluding hydrogens is 370 g/mol. The molecule has 0 spiro atoms. The summed E-state index contributed by atoms with van der Waals surface area (Å²) in [6.07, 6.45) is 3.03. The van der Waals surface area contributed by atoms with E-state index < -0.39 is 0 Å². The van der Waals surface area contributed by atoms with Crippen molar-refractivity contribution in [2.24, 2.45) is 0 Å². The molecule has 0 radical (unpaired) electrons. The maximum atomic E-state index is 12.5. The van der Waals surface area contributed by atoms with Gasteiger partial charge < -0.3 is 19.5 Å². The molecule has 0 bridgehead atoms. The molecule has 0 amide bonds. The lowest BCUT2D eigenvalue weighted by atomic mass is 10.1. The lowest BCUT2D eigenvalue weighted by molar-refractivity contribution is 0.415. The number of aromatic amines is 1. The number of H-pyrrole nitrogens is 1. The topological polar surface area (TPSA) is 106 Å². The highest BCUT2D eigenvalue weighted by Gasteiger charge is 2.09. The van der Waals surface area contributed by atoms with Crippen LogP contribution in [0.3, 0.4) is 0 Å². The van der Waals surface area contributed by atoms with Crippen molar-refractivity contribution >= 4 is 33.6 Å². The third-order valence-corrected chi connectivity index (χ3v) is 4.59. The first-order valence-electron chi connectivity index (χ1n) is 8.85. The van der Waals surface area contributed by atoms with Crippen molar-refractivity contribution in [1.82, 2.24) is 19.9 Å². The van der Waals surface area contributed by atoms with Crippen LogP contribution in [0.2, 0.25) is 0 Å². The Hall–Kier alpha value is -4.20. The quantitative estimate of drug-likeness (QED) is 0.483.